The second-order valence-electron chi connectivity index (χ2n) is 13.3. The Bertz CT molecular complexity index is 1720. The number of rotatable bonds is 7. The molecule has 6 bridgehead atoms. The fourth-order valence-corrected chi connectivity index (χ4v) is 9.09. The minimum atomic E-state index is -4.52. The van der Waals surface area contributed by atoms with Gasteiger partial charge in [0.2, 0.25) is 6.23 Å². The third kappa shape index (κ3) is 7.39. The number of nitrogens with zero attached hydrogens (tertiary/aromatic N) is 1. The van der Waals surface area contributed by atoms with Gasteiger partial charge >= 0.3 is 0 Å². The number of aliphatic imine (C=N–C) groups is 1. The maximum absolute atomic E-state index is 13.5. The number of nitrogens with two attached hydrogens (primary N) is 2. The normalized spacial score (nSPS) is 28.6. The lowest BCUT2D eigenvalue weighted by atomic mass is 9.65. The zero-order valence-corrected chi connectivity index (χ0v) is 27.9. The van der Waals surface area contributed by atoms with Gasteiger partial charge in [0.1, 0.15) is 17.6 Å². The van der Waals surface area contributed by atoms with Crippen LogP contribution in [0.15, 0.2) is 89.4 Å². The zero-order chi connectivity index (χ0) is 34.0. The number of aromatic hydroxyl groups is 1. The molecule has 0 amide bonds. The van der Waals surface area contributed by atoms with Crippen molar-refractivity contribution in [2.45, 2.75) is 81.0 Å². The molecule has 8 unspecified atom stereocenters. The Balaban J connectivity index is 1.54. The fraction of sp³-hybridized carbons (Fsp3) is 0.432. The number of phenols is 1. The molecule has 0 aromatic heterocycles. The molecular formula is C37H45N3O7S. The minimum absolute atomic E-state index is 0.0183. The first-order chi connectivity index (χ1) is 23.0. The summed E-state index contributed by atoms with van der Waals surface area (Å²) in [6.45, 7) is 2.06. The SMILES string of the molecule is CCC1CC(S(=O)(=O)O)C2C=C3CC(CC(CCCO)OC3c3ccc(O)cc3)C2c2ccc(cc2)C(N=C(N)N)Oc2ccc1cc2. The molecule has 8 atom stereocenters. The van der Waals surface area contributed by atoms with E-state index in [-0.39, 0.29) is 48.6 Å². The Morgan fingerprint density at radius 1 is 0.917 bits per heavy atom. The van der Waals surface area contributed by atoms with E-state index in [9.17, 15) is 23.2 Å². The summed E-state index contributed by atoms with van der Waals surface area (Å²) in [6, 6.07) is 22.2. The van der Waals surface area contributed by atoms with Crippen LogP contribution < -0.4 is 16.2 Å². The average molecular weight is 676 g/mol. The van der Waals surface area contributed by atoms with Crippen molar-refractivity contribution in [1.82, 2.24) is 0 Å². The number of allylic oxidation sites excluding steroid dienone is 1. The molecule has 1 aliphatic carbocycles. The lowest BCUT2D eigenvalue weighted by Gasteiger charge is -2.41. The average Bonchev–Trinajstić information content (AvgIpc) is 3.20. The van der Waals surface area contributed by atoms with E-state index >= 15 is 0 Å². The second-order valence-corrected chi connectivity index (χ2v) is 14.9. The van der Waals surface area contributed by atoms with Crippen molar-refractivity contribution in [2.75, 3.05) is 6.61 Å². The van der Waals surface area contributed by atoms with Crippen LogP contribution in [0.1, 0.15) is 91.9 Å². The van der Waals surface area contributed by atoms with E-state index in [1.165, 1.54) is 0 Å². The molecule has 6 aliphatic rings. The van der Waals surface area contributed by atoms with E-state index in [2.05, 4.69) is 4.99 Å². The van der Waals surface area contributed by atoms with Crippen LogP contribution in [0, 0.1) is 11.8 Å². The van der Waals surface area contributed by atoms with Crippen LogP contribution in [-0.2, 0) is 14.9 Å². The van der Waals surface area contributed by atoms with Crippen LogP contribution >= 0.6 is 0 Å². The highest BCUT2D eigenvalue weighted by atomic mass is 32.2. The zero-order valence-electron chi connectivity index (χ0n) is 27.1. The van der Waals surface area contributed by atoms with E-state index in [1.807, 2.05) is 73.7 Å². The van der Waals surface area contributed by atoms with Gasteiger partial charge in [0.25, 0.3) is 10.1 Å². The highest BCUT2D eigenvalue weighted by Crippen LogP contribution is 2.53. The van der Waals surface area contributed by atoms with Crippen LogP contribution in [0.3, 0.4) is 0 Å². The quantitative estimate of drug-likeness (QED) is 0.0890. The van der Waals surface area contributed by atoms with Crippen LogP contribution in [0.4, 0.5) is 0 Å². The van der Waals surface area contributed by atoms with Gasteiger partial charge in [-0.05, 0) is 103 Å². The van der Waals surface area contributed by atoms with Crippen LogP contribution in [-0.4, -0.2) is 47.1 Å². The van der Waals surface area contributed by atoms with Crippen molar-refractivity contribution in [3.63, 3.8) is 0 Å². The number of fused-ring (bicyclic) bond motifs is 2. The summed E-state index contributed by atoms with van der Waals surface area (Å²) in [6.07, 6.45) is 3.99. The van der Waals surface area contributed by atoms with Gasteiger partial charge in [0.15, 0.2) is 5.96 Å². The van der Waals surface area contributed by atoms with Gasteiger partial charge in [0.05, 0.1) is 11.4 Å². The summed E-state index contributed by atoms with van der Waals surface area (Å²) < 4.78 is 51.1. The van der Waals surface area contributed by atoms with E-state index in [0.29, 0.717) is 37.9 Å². The first-order valence-electron chi connectivity index (χ1n) is 16.7. The Hall–Kier alpha value is -3.90. The van der Waals surface area contributed by atoms with Crippen molar-refractivity contribution in [1.29, 1.82) is 0 Å². The van der Waals surface area contributed by atoms with Gasteiger partial charge in [-0.1, -0.05) is 61.5 Å². The summed E-state index contributed by atoms with van der Waals surface area (Å²) >= 11 is 0. The highest BCUT2D eigenvalue weighted by Gasteiger charge is 2.47. The smallest absolute Gasteiger partial charge is 0.268 e. The highest BCUT2D eigenvalue weighted by molar-refractivity contribution is 7.86. The molecule has 11 heteroatoms. The lowest BCUT2D eigenvalue weighted by molar-refractivity contribution is -0.00268. The predicted octanol–water partition coefficient (Wildman–Crippen LogP) is 5.85. The molecule has 48 heavy (non-hydrogen) atoms. The molecular weight excluding hydrogens is 630 g/mol. The second kappa shape index (κ2) is 14.3. The maximum Gasteiger partial charge on any atom is 0.268 e. The van der Waals surface area contributed by atoms with Gasteiger partial charge < -0.3 is 31.2 Å². The molecule has 0 saturated carbocycles. The molecule has 3 aromatic carbocycles. The molecule has 5 heterocycles. The Labute approximate surface area is 282 Å². The molecule has 5 aliphatic heterocycles. The maximum atomic E-state index is 13.5. The van der Waals surface area contributed by atoms with E-state index in [1.54, 1.807) is 12.1 Å². The van der Waals surface area contributed by atoms with E-state index in [4.69, 9.17) is 20.9 Å². The number of guanidine groups is 1. The molecule has 1 fully saturated rings. The van der Waals surface area contributed by atoms with Crippen molar-refractivity contribution < 1.29 is 32.7 Å². The van der Waals surface area contributed by atoms with Crippen LogP contribution in [0.5, 0.6) is 11.5 Å². The molecule has 7 N–H and O–H groups in total. The number of aliphatic hydroxyl groups excluding tert-OH is 1. The Kier molecular flexibility index (Phi) is 10.1. The number of aliphatic hydroxyl groups is 1. The first-order valence-corrected chi connectivity index (χ1v) is 18.2. The van der Waals surface area contributed by atoms with Crippen molar-refractivity contribution in [2.24, 2.45) is 28.3 Å². The van der Waals surface area contributed by atoms with Gasteiger partial charge in [-0.25, -0.2) is 4.99 Å². The third-order valence-electron chi connectivity index (χ3n) is 10.2. The molecule has 10 nitrogen and oxygen atoms in total. The molecule has 9 rings (SSSR count). The van der Waals surface area contributed by atoms with Gasteiger partial charge in [-0.3, -0.25) is 4.55 Å². The van der Waals surface area contributed by atoms with Crippen molar-refractivity contribution >= 4 is 16.1 Å². The van der Waals surface area contributed by atoms with E-state index in [0.717, 1.165) is 27.8 Å². The van der Waals surface area contributed by atoms with Crippen LogP contribution in [0.25, 0.3) is 0 Å². The summed E-state index contributed by atoms with van der Waals surface area (Å²) in [7, 11) is -4.52. The lowest BCUT2D eigenvalue weighted by Crippen LogP contribution is -2.39. The molecule has 3 aromatic rings. The number of hydrogen-bond donors (Lipinski definition) is 5. The number of hydrogen-bond acceptors (Lipinski definition) is 7. The summed E-state index contributed by atoms with van der Waals surface area (Å²) in [4.78, 5) is 4.35. The molecule has 256 valence electrons. The topological polar surface area (TPSA) is 178 Å². The molecule has 0 radical (unpaired) electrons. The minimum Gasteiger partial charge on any atom is -0.508 e. The van der Waals surface area contributed by atoms with Gasteiger partial charge in [-0.15, -0.1) is 0 Å². The summed E-state index contributed by atoms with van der Waals surface area (Å²) in [5.41, 5.74) is 16.0. The summed E-state index contributed by atoms with van der Waals surface area (Å²) in [5, 5.41) is 18.6. The largest absolute Gasteiger partial charge is 0.508 e. The molecule has 0 spiro atoms. The van der Waals surface area contributed by atoms with E-state index < -0.39 is 33.6 Å². The predicted molar refractivity (Wildman–Crippen MR) is 184 cm³/mol. The summed E-state index contributed by atoms with van der Waals surface area (Å²) in [5.74, 6) is -0.413. The van der Waals surface area contributed by atoms with Crippen molar-refractivity contribution in [3.05, 3.63) is 107 Å². The monoisotopic (exact) mass is 675 g/mol. The Morgan fingerprint density at radius 3 is 2.19 bits per heavy atom. The molecule has 1 saturated heterocycles. The van der Waals surface area contributed by atoms with Gasteiger partial charge in [-0.2, -0.15) is 8.42 Å². The van der Waals surface area contributed by atoms with Crippen LogP contribution in [0.2, 0.25) is 0 Å². The number of phenolic OH excluding ortho intramolecular Hbond substituents is 1. The standard InChI is InChI=1S/C37H45N3O7S/c1-2-22-21-33(48(43,44)45)32-20-28-18-27(19-31(4-3-17-41)46-35(28)25-9-13-29(42)14-10-25)34(32)24-5-7-26(8-6-24)36(40-37(38)39)47-30-15-11-23(22)12-16-30/h5-16,20,22,27,31-36,41-42H,2-4,17-19,21H2,1H3,(H4,38,39,40)(H,43,44,45). The fourth-order valence-electron chi connectivity index (χ4n) is 7.97. The van der Waals surface area contributed by atoms with Crippen molar-refractivity contribution in [3.8, 4) is 11.5 Å². The Morgan fingerprint density at radius 2 is 1.56 bits per heavy atom. The first kappa shape index (κ1) is 34.0. The third-order valence-corrected chi connectivity index (χ3v) is 11.5. The number of ether oxygens (including phenoxy) is 2. The van der Waals surface area contributed by atoms with Gasteiger partial charge in [0, 0.05) is 18.1 Å². The number of benzene rings is 3.